The first kappa shape index (κ1) is 17.0. The first-order valence-corrected chi connectivity index (χ1v) is 7.82. The van der Waals surface area contributed by atoms with E-state index >= 15 is 0 Å². The van der Waals surface area contributed by atoms with Gasteiger partial charge in [0.05, 0.1) is 22.9 Å². The zero-order chi connectivity index (χ0) is 17.8. The van der Waals surface area contributed by atoms with E-state index in [9.17, 15) is 4.39 Å². The highest BCUT2D eigenvalue weighted by molar-refractivity contribution is 5.69. The molecule has 0 unspecified atom stereocenters. The first-order valence-electron chi connectivity index (χ1n) is 7.82. The minimum Gasteiger partial charge on any atom is -0.490 e. The van der Waals surface area contributed by atoms with Gasteiger partial charge in [-0.15, -0.1) is 0 Å². The van der Waals surface area contributed by atoms with Crippen LogP contribution in [0.1, 0.15) is 19.7 Å². The number of ether oxygens (including phenoxy) is 2. The highest BCUT2D eigenvalue weighted by atomic mass is 19.1. The molecule has 6 nitrogen and oxygen atoms in total. The molecule has 0 atom stereocenters. The smallest absolute Gasteiger partial charge is 0.259 e. The number of rotatable bonds is 6. The average molecular weight is 343 g/mol. The van der Waals surface area contributed by atoms with Gasteiger partial charge in [0.1, 0.15) is 18.2 Å². The van der Waals surface area contributed by atoms with E-state index in [-0.39, 0.29) is 12.7 Å². The number of pyridine rings is 1. The van der Waals surface area contributed by atoms with Crippen LogP contribution in [0.15, 0.2) is 41.1 Å². The summed E-state index contributed by atoms with van der Waals surface area (Å²) in [5.41, 5.74) is 1.43. The number of aromatic nitrogens is 3. The number of halogens is 1. The summed E-state index contributed by atoms with van der Waals surface area (Å²) in [5.74, 6) is 0.843. The second-order valence-corrected chi connectivity index (χ2v) is 5.66. The van der Waals surface area contributed by atoms with Gasteiger partial charge in [0.2, 0.25) is 0 Å². The molecule has 25 heavy (non-hydrogen) atoms. The van der Waals surface area contributed by atoms with Crippen molar-refractivity contribution in [1.82, 2.24) is 15.1 Å². The Morgan fingerprint density at radius 1 is 1.20 bits per heavy atom. The molecule has 7 heteroatoms. The second-order valence-electron chi connectivity index (χ2n) is 5.66. The number of methoxy groups -OCH3 is 1. The van der Waals surface area contributed by atoms with Gasteiger partial charge in [-0.2, -0.15) is 4.98 Å². The van der Waals surface area contributed by atoms with E-state index in [2.05, 4.69) is 15.1 Å². The third-order valence-electron chi connectivity index (χ3n) is 3.35. The van der Waals surface area contributed by atoms with E-state index in [1.165, 1.54) is 6.07 Å². The van der Waals surface area contributed by atoms with E-state index < -0.39 is 5.82 Å². The standard InChI is InChI=1S/C18H18FN3O3/c1-11(2)24-15-6-4-5-13(19)17(15)14-8-7-12(9-20-14)18-21-16(10-23-3)22-25-18/h4-9,11H,10H2,1-3H3. The molecule has 0 aliphatic carbocycles. The van der Waals surface area contributed by atoms with Gasteiger partial charge in [-0.25, -0.2) is 4.39 Å². The van der Waals surface area contributed by atoms with Crippen molar-refractivity contribution in [1.29, 1.82) is 0 Å². The molecule has 0 bridgehead atoms. The van der Waals surface area contributed by atoms with Crippen molar-refractivity contribution in [3.8, 4) is 28.5 Å². The Morgan fingerprint density at radius 3 is 2.72 bits per heavy atom. The Labute approximate surface area is 144 Å². The Morgan fingerprint density at radius 2 is 2.04 bits per heavy atom. The van der Waals surface area contributed by atoms with Crippen LogP contribution < -0.4 is 4.74 Å². The highest BCUT2D eigenvalue weighted by Gasteiger charge is 2.16. The van der Waals surface area contributed by atoms with Crippen molar-refractivity contribution in [3.63, 3.8) is 0 Å². The van der Waals surface area contributed by atoms with Gasteiger partial charge in [-0.05, 0) is 38.1 Å². The molecule has 0 aliphatic rings. The lowest BCUT2D eigenvalue weighted by molar-refractivity contribution is 0.174. The molecule has 2 aromatic heterocycles. The molecule has 0 saturated heterocycles. The van der Waals surface area contributed by atoms with Crippen molar-refractivity contribution >= 4 is 0 Å². The zero-order valence-corrected chi connectivity index (χ0v) is 14.2. The van der Waals surface area contributed by atoms with Crippen molar-refractivity contribution < 1.29 is 18.4 Å². The largest absolute Gasteiger partial charge is 0.490 e. The molecule has 2 heterocycles. The Hall–Kier alpha value is -2.80. The highest BCUT2D eigenvalue weighted by Crippen LogP contribution is 2.32. The molecule has 0 aliphatic heterocycles. The van der Waals surface area contributed by atoms with Crippen LogP contribution in [0.25, 0.3) is 22.7 Å². The van der Waals surface area contributed by atoms with Crippen molar-refractivity contribution in [2.24, 2.45) is 0 Å². The van der Waals surface area contributed by atoms with Crippen molar-refractivity contribution in [3.05, 3.63) is 48.2 Å². The number of hydrogen-bond acceptors (Lipinski definition) is 6. The fourth-order valence-electron chi connectivity index (χ4n) is 2.33. The third-order valence-corrected chi connectivity index (χ3v) is 3.35. The Balaban J connectivity index is 1.92. The fourth-order valence-corrected chi connectivity index (χ4v) is 2.33. The first-order chi connectivity index (χ1) is 12.1. The molecular formula is C18H18FN3O3. The summed E-state index contributed by atoms with van der Waals surface area (Å²) >= 11 is 0. The Kier molecular flexibility index (Phi) is 5.04. The van der Waals surface area contributed by atoms with Crippen LogP contribution in [0.5, 0.6) is 5.75 Å². The summed E-state index contributed by atoms with van der Waals surface area (Å²) in [4.78, 5) is 8.54. The van der Waals surface area contributed by atoms with Gasteiger partial charge >= 0.3 is 0 Å². The maximum absolute atomic E-state index is 14.3. The van der Waals surface area contributed by atoms with Crippen LogP contribution in [-0.4, -0.2) is 28.3 Å². The van der Waals surface area contributed by atoms with E-state index in [4.69, 9.17) is 14.0 Å². The SMILES string of the molecule is COCc1noc(-c2ccc(-c3c(F)cccc3OC(C)C)nc2)n1. The molecule has 0 N–H and O–H groups in total. The molecule has 0 spiro atoms. The number of benzene rings is 1. The van der Waals surface area contributed by atoms with Crippen molar-refractivity contribution in [2.45, 2.75) is 26.6 Å². The van der Waals surface area contributed by atoms with Gasteiger partial charge in [0.25, 0.3) is 5.89 Å². The minimum absolute atomic E-state index is 0.0718. The fraction of sp³-hybridized carbons (Fsp3) is 0.278. The summed E-state index contributed by atoms with van der Waals surface area (Å²) in [6.07, 6.45) is 1.49. The second kappa shape index (κ2) is 7.40. The van der Waals surface area contributed by atoms with Crippen LogP contribution in [0.3, 0.4) is 0 Å². The minimum atomic E-state index is -0.390. The lowest BCUT2D eigenvalue weighted by atomic mass is 10.1. The number of nitrogens with zero attached hydrogens (tertiary/aromatic N) is 3. The summed E-state index contributed by atoms with van der Waals surface area (Å²) in [6, 6.07) is 8.16. The van der Waals surface area contributed by atoms with Crippen LogP contribution in [0.2, 0.25) is 0 Å². The Bertz CT molecular complexity index is 847. The summed E-state index contributed by atoms with van der Waals surface area (Å²) in [5, 5.41) is 3.80. The molecule has 3 rings (SSSR count). The molecule has 0 amide bonds. The molecule has 0 radical (unpaired) electrons. The maximum atomic E-state index is 14.3. The van der Waals surface area contributed by atoms with E-state index in [0.717, 1.165) is 0 Å². The molecule has 3 aromatic rings. The molecular weight excluding hydrogens is 325 g/mol. The topological polar surface area (TPSA) is 70.3 Å². The lowest BCUT2D eigenvalue weighted by Gasteiger charge is -2.14. The monoisotopic (exact) mass is 343 g/mol. The van der Waals surface area contributed by atoms with Gasteiger partial charge in [0, 0.05) is 13.3 Å². The van der Waals surface area contributed by atoms with E-state index in [0.29, 0.717) is 34.3 Å². The molecule has 0 fully saturated rings. The van der Waals surface area contributed by atoms with E-state index in [1.807, 2.05) is 13.8 Å². The van der Waals surface area contributed by atoms with E-state index in [1.54, 1.807) is 37.6 Å². The maximum Gasteiger partial charge on any atom is 0.259 e. The van der Waals surface area contributed by atoms with Gasteiger partial charge in [0.15, 0.2) is 5.82 Å². The quantitative estimate of drug-likeness (QED) is 0.677. The third kappa shape index (κ3) is 3.83. The zero-order valence-electron chi connectivity index (χ0n) is 14.2. The molecule has 130 valence electrons. The number of hydrogen-bond donors (Lipinski definition) is 0. The van der Waals surface area contributed by atoms with Crippen LogP contribution >= 0.6 is 0 Å². The van der Waals surface area contributed by atoms with Gasteiger partial charge < -0.3 is 14.0 Å². The van der Waals surface area contributed by atoms with Crippen LogP contribution in [-0.2, 0) is 11.3 Å². The predicted octanol–water partition coefficient (Wildman–Crippen LogP) is 3.87. The summed E-state index contributed by atoms with van der Waals surface area (Å²) < 4.78 is 30.1. The van der Waals surface area contributed by atoms with Crippen LogP contribution in [0, 0.1) is 5.82 Å². The summed E-state index contributed by atoms with van der Waals surface area (Å²) in [6.45, 7) is 4.04. The predicted molar refractivity (Wildman–Crippen MR) is 89.4 cm³/mol. The lowest BCUT2D eigenvalue weighted by Crippen LogP contribution is -2.07. The molecule has 0 saturated carbocycles. The van der Waals surface area contributed by atoms with Gasteiger partial charge in [-0.3, -0.25) is 4.98 Å². The van der Waals surface area contributed by atoms with Crippen LogP contribution in [0.4, 0.5) is 4.39 Å². The average Bonchev–Trinajstić information content (AvgIpc) is 3.04. The normalized spacial score (nSPS) is 11.1. The molecule has 1 aromatic carbocycles. The summed E-state index contributed by atoms with van der Waals surface area (Å²) in [7, 11) is 1.55. The van der Waals surface area contributed by atoms with Gasteiger partial charge in [-0.1, -0.05) is 11.2 Å². The van der Waals surface area contributed by atoms with Crippen molar-refractivity contribution in [2.75, 3.05) is 7.11 Å².